The summed E-state index contributed by atoms with van der Waals surface area (Å²) >= 11 is 0. The molecule has 1 N–H and O–H groups in total. The number of rotatable bonds is 4. The van der Waals surface area contributed by atoms with Crippen molar-refractivity contribution in [2.45, 2.75) is 25.6 Å². The second-order valence-electron chi connectivity index (χ2n) is 5.15. The first kappa shape index (κ1) is 16.3. The quantitative estimate of drug-likeness (QED) is 0.686. The van der Waals surface area contributed by atoms with Gasteiger partial charge in [-0.3, -0.25) is 9.59 Å². The van der Waals surface area contributed by atoms with E-state index in [9.17, 15) is 27.2 Å². The first-order valence-electron chi connectivity index (χ1n) is 6.58. The molecule has 0 aliphatic carbocycles. The van der Waals surface area contributed by atoms with Gasteiger partial charge in [-0.2, -0.15) is 13.2 Å². The molecule has 8 heteroatoms. The first-order chi connectivity index (χ1) is 10.2. The Bertz CT molecular complexity index is 601. The Kier molecular flexibility index (Phi) is 4.39. The molecular weight excluding hydrogens is 304 g/mol. The lowest BCUT2D eigenvalue weighted by Gasteiger charge is -2.19. The van der Waals surface area contributed by atoms with Crippen LogP contribution in [0.25, 0.3) is 0 Å². The molecule has 2 rings (SSSR count). The summed E-state index contributed by atoms with van der Waals surface area (Å²) in [6.45, 7) is -0.266. The number of likely N-dealkylation sites (tertiary alicyclic amines) is 1. The number of Topliss-reactive ketones (excluding diaryl/α,β-unsaturated/α-hetero) is 1. The fourth-order valence-electron chi connectivity index (χ4n) is 2.46. The highest BCUT2D eigenvalue weighted by molar-refractivity contribution is 6.00. The topological polar surface area (TPSA) is 49.4 Å². The summed E-state index contributed by atoms with van der Waals surface area (Å²) < 4.78 is 50.7. The van der Waals surface area contributed by atoms with Gasteiger partial charge in [-0.25, -0.2) is 4.39 Å². The summed E-state index contributed by atoms with van der Waals surface area (Å²) in [6.07, 6.45) is -4.60. The molecule has 1 amide bonds. The number of anilines is 1. The van der Waals surface area contributed by atoms with E-state index in [1.54, 1.807) is 0 Å². The highest BCUT2D eigenvalue weighted by Crippen LogP contribution is 2.25. The second kappa shape index (κ2) is 5.94. The predicted octanol–water partition coefficient (Wildman–Crippen LogP) is 2.60. The SMILES string of the molecule is CC(=O)c1c(F)cccc1NC1CC(=O)N(CC(F)(F)F)C1. The third-order valence-corrected chi connectivity index (χ3v) is 3.31. The maximum atomic E-state index is 13.7. The Morgan fingerprint density at radius 2 is 2.09 bits per heavy atom. The van der Waals surface area contributed by atoms with Crippen molar-refractivity contribution in [3.63, 3.8) is 0 Å². The van der Waals surface area contributed by atoms with Gasteiger partial charge in [0.05, 0.1) is 11.6 Å². The molecule has 1 aromatic carbocycles. The highest BCUT2D eigenvalue weighted by atomic mass is 19.4. The summed E-state index contributed by atoms with van der Waals surface area (Å²) in [6, 6.07) is 3.36. The number of ketones is 1. The average Bonchev–Trinajstić information content (AvgIpc) is 2.66. The molecule has 0 radical (unpaired) electrons. The minimum atomic E-state index is -4.46. The van der Waals surface area contributed by atoms with Gasteiger partial charge in [-0.05, 0) is 19.1 Å². The monoisotopic (exact) mass is 318 g/mol. The number of nitrogens with zero attached hydrogens (tertiary/aromatic N) is 1. The van der Waals surface area contributed by atoms with Gasteiger partial charge in [0, 0.05) is 18.7 Å². The van der Waals surface area contributed by atoms with Crippen molar-refractivity contribution >= 4 is 17.4 Å². The van der Waals surface area contributed by atoms with Gasteiger partial charge in [0.25, 0.3) is 0 Å². The number of alkyl halides is 3. The van der Waals surface area contributed by atoms with E-state index >= 15 is 0 Å². The Morgan fingerprint density at radius 1 is 1.41 bits per heavy atom. The molecule has 1 aliphatic heterocycles. The number of amides is 1. The van der Waals surface area contributed by atoms with Crippen molar-refractivity contribution in [1.29, 1.82) is 0 Å². The van der Waals surface area contributed by atoms with Gasteiger partial charge in [0.2, 0.25) is 5.91 Å². The van der Waals surface area contributed by atoms with Crippen LogP contribution in [0, 0.1) is 5.82 Å². The fraction of sp³-hybridized carbons (Fsp3) is 0.429. The maximum Gasteiger partial charge on any atom is 0.406 e. The molecule has 4 nitrogen and oxygen atoms in total. The lowest BCUT2D eigenvalue weighted by molar-refractivity contribution is -0.157. The molecule has 1 unspecified atom stereocenters. The van der Waals surface area contributed by atoms with Gasteiger partial charge >= 0.3 is 6.18 Å². The molecule has 1 heterocycles. The van der Waals surface area contributed by atoms with Crippen LogP contribution in [0.2, 0.25) is 0 Å². The summed E-state index contributed by atoms with van der Waals surface area (Å²) in [5.74, 6) is -1.85. The molecular formula is C14H14F4N2O2. The molecule has 1 atom stereocenters. The van der Waals surface area contributed by atoms with Crippen LogP contribution in [0.15, 0.2) is 18.2 Å². The maximum absolute atomic E-state index is 13.7. The van der Waals surface area contributed by atoms with Crippen LogP contribution in [-0.2, 0) is 4.79 Å². The molecule has 1 aromatic rings. The van der Waals surface area contributed by atoms with Crippen LogP contribution >= 0.6 is 0 Å². The molecule has 1 fully saturated rings. The highest BCUT2D eigenvalue weighted by Gasteiger charge is 2.38. The van der Waals surface area contributed by atoms with Gasteiger partial charge < -0.3 is 10.2 Å². The largest absolute Gasteiger partial charge is 0.406 e. The average molecular weight is 318 g/mol. The predicted molar refractivity (Wildman–Crippen MR) is 71.1 cm³/mol. The fourth-order valence-corrected chi connectivity index (χ4v) is 2.46. The van der Waals surface area contributed by atoms with Crippen molar-refractivity contribution in [2.24, 2.45) is 0 Å². The van der Waals surface area contributed by atoms with Crippen LogP contribution < -0.4 is 5.32 Å². The summed E-state index contributed by atoms with van der Waals surface area (Å²) in [5, 5.41) is 2.79. The zero-order valence-electron chi connectivity index (χ0n) is 11.7. The van der Waals surface area contributed by atoms with E-state index in [1.807, 2.05) is 0 Å². The molecule has 0 spiro atoms. The van der Waals surface area contributed by atoms with Crippen molar-refractivity contribution in [3.05, 3.63) is 29.6 Å². The Labute approximate surface area is 124 Å². The summed E-state index contributed by atoms with van der Waals surface area (Å²) in [4.78, 5) is 23.8. The molecule has 1 saturated heterocycles. The van der Waals surface area contributed by atoms with Gasteiger partial charge in [-0.1, -0.05) is 6.07 Å². The van der Waals surface area contributed by atoms with E-state index in [0.717, 1.165) is 6.07 Å². The van der Waals surface area contributed by atoms with Crippen molar-refractivity contribution in [1.82, 2.24) is 4.90 Å². The number of nitrogens with one attached hydrogen (secondary N) is 1. The first-order valence-corrected chi connectivity index (χ1v) is 6.58. The van der Waals surface area contributed by atoms with Gasteiger partial charge in [0.1, 0.15) is 12.4 Å². The lowest BCUT2D eigenvalue weighted by Crippen LogP contribution is -2.36. The van der Waals surface area contributed by atoms with Crippen LogP contribution in [0.4, 0.5) is 23.2 Å². The summed E-state index contributed by atoms with van der Waals surface area (Å²) in [7, 11) is 0. The number of carbonyl (C=O) groups is 2. The van der Waals surface area contributed by atoms with Crippen molar-refractivity contribution in [2.75, 3.05) is 18.4 Å². The Hall–Kier alpha value is -2.12. The molecule has 0 bridgehead atoms. The van der Waals surface area contributed by atoms with E-state index in [4.69, 9.17) is 0 Å². The van der Waals surface area contributed by atoms with Crippen molar-refractivity contribution in [3.8, 4) is 0 Å². The zero-order valence-corrected chi connectivity index (χ0v) is 11.7. The Morgan fingerprint density at radius 3 is 2.68 bits per heavy atom. The van der Waals surface area contributed by atoms with Crippen LogP contribution in [-0.4, -0.2) is 41.9 Å². The molecule has 0 aromatic heterocycles. The van der Waals surface area contributed by atoms with E-state index < -0.39 is 36.3 Å². The second-order valence-corrected chi connectivity index (χ2v) is 5.15. The molecule has 120 valence electrons. The Balaban J connectivity index is 2.12. The van der Waals surface area contributed by atoms with Crippen LogP contribution in [0.3, 0.4) is 0 Å². The standard InChI is InChI=1S/C14H14F4N2O2/c1-8(21)13-10(15)3-2-4-11(13)19-9-5-12(22)20(6-9)7-14(16,17)18/h2-4,9,19H,5-7H2,1H3. The third kappa shape index (κ3) is 3.75. The number of halogens is 4. The van der Waals surface area contributed by atoms with Crippen molar-refractivity contribution < 1.29 is 27.2 Å². The number of benzene rings is 1. The zero-order chi connectivity index (χ0) is 16.5. The lowest BCUT2D eigenvalue weighted by atomic mass is 10.1. The normalized spacial score (nSPS) is 18.7. The number of hydrogen-bond donors (Lipinski definition) is 1. The minimum Gasteiger partial charge on any atom is -0.379 e. The number of carbonyl (C=O) groups excluding carboxylic acids is 2. The molecule has 22 heavy (non-hydrogen) atoms. The summed E-state index contributed by atoms with van der Waals surface area (Å²) in [5.41, 5.74) is 0.0170. The minimum absolute atomic E-state index is 0.135. The molecule has 1 aliphatic rings. The van der Waals surface area contributed by atoms with Gasteiger partial charge in [0.15, 0.2) is 5.78 Å². The van der Waals surface area contributed by atoms with E-state index in [-0.39, 0.29) is 24.2 Å². The van der Waals surface area contributed by atoms with Crippen LogP contribution in [0.5, 0.6) is 0 Å². The number of hydrogen-bond acceptors (Lipinski definition) is 3. The smallest absolute Gasteiger partial charge is 0.379 e. The van der Waals surface area contributed by atoms with E-state index in [0.29, 0.717) is 4.90 Å². The van der Waals surface area contributed by atoms with E-state index in [1.165, 1.54) is 19.1 Å². The van der Waals surface area contributed by atoms with Crippen LogP contribution in [0.1, 0.15) is 23.7 Å². The van der Waals surface area contributed by atoms with E-state index in [2.05, 4.69) is 5.32 Å². The van der Waals surface area contributed by atoms with Gasteiger partial charge in [-0.15, -0.1) is 0 Å². The third-order valence-electron chi connectivity index (χ3n) is 3.31. The molecule has 0 saturated carbocycles.